The van der Waals surface area contributed by atoms with Crippen LogP contribution in [-0.2, 0) is 0 Å². The van der Waals surface area contributed by atoms with Crippen molar-refractivity contribution in [3.05, 3.63) is 72.4 Å². The van der Waals surface area contributed by atoms with E-state index in [1.807, 2.05) is 6.92 Å². The Bertz CT molecular complexity index is 883. The van der Waals surface area contributed by atoms with Crippen LogP contribution in [0.4, 0.5) is 21.6 Å². The van der Waals surface area contributed by atoms with Crippen molar-refractivity contribution < 1.29 is 13.9 Å². The molecule has 1 heterocycles. The number of hydrogen-bond acceptors (Lipinski definition) is 5. The van der Waals surface area contributed by atoms with Crippen LogP contribution in [0, 0.1) is 5.82 Å². The molecule has 132 valence electrons. The summed E-state index contributed by atoms with van der Waals surface area (Å²) in [5.41, 5.74) is 1.49. The third-order valence-corrected chi connectivity index (χ3v) is 3.44. The molecule has 2 aromatic carbocycles. The van der Waals surface area contributed by atoms with Gasteiger partial charge in [-0.15, -0.1) is 0 Å². The molecule has 0 atom stereocenters. The van der Waals surface area contributed by atoms with Crippen LogP contribution in [0.1, 0.15) is 17.4 Å². The summed E-state index contributed by atoms with van der Waals surface area (Å²) in [7, 11) is 0. The van der Waals surface area contributed by atoms with E-state index in [2.05, 4.69) is 20.6 Å². The first-order valence-electron chi connectivity index (χ1n) is 8.03. The molecule has 0 fully saturated rings. The number of benzene rings is 2. The van der Waals surface area contributed by atoms with Crippen molar-refractivity contribution >= 4 is 23.1 Å². The van der Waals surface area contributed by atoms with Crippen LogP contribution in [0.2, 0.25) is 0 Å². The number of nitrogens with one attached hydrogen (secondary N) is 2. The standard InChI is InChI=1S/C19H17FN4O2/c1-2-26-16-9-7-15(8-10-16)24-19(25)17-11-18(22-12-21-17)23-14-5-3-13(20)4-6-14/h3-12H,2H2,1H3,(H,24,25)(H,21,22,23). The number of halogens is 1. The van der Waals surface area contributed by atoms with Crippen molar-refractivity contribution in [1.82, 2.24) is 9.97 Å². The Morgan fingerprint density at radius 2 is 1.73 bits per heavy atom. The van der Waals surface area contributed by atoms with Crippen molar-refractivity contribution in [1.29, 1.82) is 0 Å². The molecule has 3 aromatic rings. The second kappa shape index (κ2) is 8.06. The van der Waals surface area contributed by atoms with Gasteiger partial charge in [-0.1, -0.05) is 0 Å². The van der Waals surface area contributed by atoms with E-state index in [1.165, 1.54) is 24.5 Å². The fourth-order valence-electron chi connectivity index (χ4n) is 2.23. The molecule has 1 aromatic heterocycles. The number of aromatic nitrogens is 2. The lowest BCUT2D eigenvalue weighted by Gasteiger charge is -2.08. The van der Waals surface area contributed by atoms with E-state index in [4.69, 9.17) is 4.74 Å². The first-order chi connectivity index (χ1) is 12.6. The molecule has 0 saturated carbocycles. The molecule has 0 saturated heterocycles. The molecule has 1 amide bonds. The van der Waals surface area contributed by atoms with E-state index in [0.717, 1.165) is 5.75 Å². The molecule has 2 N–H and O–H groups in total. The van der Waals surface area contributed by atoms with Gasteiger partial charge in [0, 0.05) is 17.4 Å². The third kappa shape index (κ3) is 4.54. The third-order valence-electron chi connectivity index (χ3n) is 3.44. The van der Waals surface area contributed by atoms with Gasteiger partial charge in [-0.05, 0) is 55.5 Å². The SMILES string of the molecule is CCOc1ccc(NC(=O)c2cc(Nc3ccc(F)cc3)ncn2)cc1. The zero-order valence-corrected chi connectivity index (χ0v) is 14.1. The number of ether oxygens (including phenoxy) is 1. The summed E-state index contributed by atoms with van der Waals surface area (Å²) in [6, 6.07) is 14.4. The van der Waals surface area contributed by atoms with E-state index < -0.39 is 0 Å². The van der Waals surface area contributed by atoms with Crippen molar-refractivity contribution in [2.45, 2.75) is 6.92 Å². The highest BCUT2D eigenvalue weighted by molar-refractivity contribution is 6.03. The van der Waals surface area contributed by atoms with Crippen molar-refractivity contribution in [3.63, 3.8) is 0 Å². The topological polar surface area (TPSA) is 76.1 Å². The van der Waals surface area contributed by atoms with Gasteiger partial charge in [-0.25, -0.2) is 14.4 Å². The number of hydrogen-bond donors (Lipinski definition) is 2. The monoisotopic (exact) mass is 352 g/mol. The molecular weight excluding hydrogens is 335 g/mol. The van der Waals surface area contributed by atoms with Gasteiger partial charge in [0.2, 0.25) is 0 Å². The van der Waals surface area contributed by atoms with Crippen molar-refractivity contribution in [3.8, 4) is 5.75 Å². The highest BCUT2D eigenvalue weighted by Crippen LogP contribution is 2.18. The van der Waals surface area contributed by atoms with E-state index in [0.29, 0.717) is 23.8 Å². The Morgan fingerprint density at radius 1 is 1.04 bits per heavy atom. The normalized spacial score (nSPS) is 10.2. The second-order valence-electron chi connectivity index (χ2n) is 5.33. The highest BCUT2D eigenvalue weighted by atomic mass is 19.1. The van der Waals surface area contributed by atoms with Gasteiger partial charge in [-0.2, -0.15) is 0 Å². The number of rotatable bonds is 6. The molecule has 26 heavy (non-hydrogen) atoms. The van der Waals surface area contributed by atoms with E-state index in [9.17, 15) is 9.18 Å². The first kappa shape index (κ1) is 17.3. The smallest absolute Gasteiger partial charge is 0.274 e. The maximum absolute atomic E-state index is 13.0. The zero-order valence-electron chi connectivity index (χ0n) is 14.1. The lowest BCUT2D eigenvalue weighted by molar-refractivity contribution is 0.102. The van der Waals surface area contributed by atoms with Gasteiger partial charge >= 0.3 is 0 Å². The number of anilines is 3. The predicted octanol–water partition coefficient (Wildman–Crippen LogP) is 4.01. The lowest BCUT2D eigenvalue weighted by atomic mass is 10.2. The van der Waals surface area contributed by atoms with Crippen LogP contribution in [0.5, 0.6) is 5.75 Å². The minimum absolute atomic E-state index is 0.207. The number of carbonyl (C=O) groups is 1. The second-order valence-corrected chi connectivity index (χ2v) is 5.33. The van der Waals surface area contributed by atoms with E-state index in [-0.39, 0.29) is 17.4 Å². The average Bonchev–Trinajstić information content (AvgIpc) is 2.66. The van der Waals surface area contributed by atoms with Gasteiger partial charge in [0.15, 0.2) is 0 Å². The number of carbonyl (C=O) groups excluding carboxylic acids is 1. The Balaban J connectivity index is 1.68. The summed E-state index contributed by atoms with van der Waals surface area (Å²) in [6.07, 6.45) is 1.29. The summed E-state index contributed by atoms with van der Waals surface area (Å²) >= 11 is 0. The summed E-state index contributed by atoms with van der Waals surface area (Å²) in [5, 5.41) is 5.76. The van der Waals surface area contributed by atoms with Gasteiger partial charge in [0.25, 0.3) is 5.91 Å². The molecule has 0 aliphatic heterocycles. The van der Waals surface area contributed by atoms with E-state index >= 15 is 0 Å². The zero-order chi connectivity index (χ0) is 18.4. The Morgan fingerprint density at radius 3 is 2.42 bits per heavy atom. The van der Waals surface area contributed by atoms with Gasteiger partial charge < -0.3 is 15.4 Å². The summed E-state index contributed by atoms with van der Waals surface area (Å²) in [4.78, 5) is 20.4. The Kier molecular flexibility index (Phi) is 5.38. The fraction of sp³-hybridized carbons (Fsp3) is 0.105. The maximum atomic E-state index is 13.0. The van der Waals surface area contributed by atoms with Gasteiger partial charge in [-0.3, -0.25) is 4.79 Å². The lowest BCUT2D eigenvalue weighted by Crippen LogP contribution is -2.14. The summed E-state index contributed by atoms with van der Waals surface area (Å²) < 4.78 is 18.3. The number of amides is 1. The predicted molar refractivity (Wildman–Crippen MR) is 97.3 cm³/mol. The minimum Gasteiger partial charge on any atom is -0.494 e. The maximum Gasteiger partial charge on any atom is 0.274 e. The molecule has 0 aliphatic carbocycles. The molecule has 0 aliphatic rings. The largest absolute Gasteiger partial charge is 0.494 e. The number of nitrogens with zero attached hydrogens (tertiary/aromatic N) is 2. The summed E-state index contributed by atoms with van der Waals surface area (Å²) in [5.74, 6) is 0.481. The molecular formula is C19H17FN4O2. The van der Waals surface area contributed by atoms with Gasteiger partial charge in [0.05, 0.1) is 6.61 Å². The first-order valence-corrected chi connectivity index (χ1v) is 8.03. The van der Waals surface area contributed by atoms with Crippen LogP contribution in [0.25, 0.3) is 0 Å². The van der Waals surface area contributed by atoms with Crippen molar-refractivity contribution in [2.75, 3.05) is 17.2 Å². The molecule has 6 nitrogen and oxygen atoms in total. The molecule has 0 spiro atoms. The van der Waals surface area contributed by atoms with Crippen LogP contribution in [-0.4, -0.2) is 22.5 Å². The Hall–Kier alpha value is -3.48. The quantitative estimate of drug-likeness (QED) is 0.701. The Labute approximate surface area is 150 Å². The summed E-state index contributed by atoms with van der Waals surface area (Å²) in [6.45, 7) is 2.48. The molecule has 0 radical (unpaired) electrons. The van der Waals surface area contributed by atoms with Gasteiger partial charge in [0.1, 0.15) is 29.4 Å². The fourth-order valence-corrected chi connectivity index (χ4v) is 2.23. The van der Waals surface area contributed by atoms with Crippen LogP contribution in [0.3, 0.4) is 0 Å². The molecule has 0 unspecified atom stereocenters. The minimum atomic E-state index is -0.362. The average molecular weight is 352 g/mol. The van der Waals surface area contributed by atoms with Crippen LogP contribution >= 0.6 is 0 Å². The van der Waals surface area contributed by atoms with E-state index in [1.54, 1.807) is 36.4 Å². The molecule has 7 heteroatoms. The molecule has 0 bridgehead atoms. The van der Waals surface area contributed by atoms with Crippen LogP contribution < -0.4 is 15.4 Å². The molecule has 3 rings (SSSR count). The van der Waals surface area contributed by atoms with Crippen LogP contribution in [0.15, 0.2) is 60.9 Å². The van der Waals surface area contributed by atoms with Crippen molar-refractivity contribution in [2.24, 2.45) is 0 Å². The highest BCUT2D eigenvalue weighted by Gasteiger charge is 2.10.